The van der Waals surface area contributed by atoms with Gasteiger partial charge < -0.3 is 9.64 Å². The number of pyridine rings is 1. The lowest BCUT2D eigenvalue weighted by Gasteiger charge is -2.33. The Morgan fingerprint density at radius 2 is 1.77 bits per heavy atom. The van der Waals surface area contributed by atoms with Crippen molar-refractivity contribution in [2.45, 2.75) is 39.7 Å². The maximum Gasteiger partial charge on any atom is 0.129 e. The summed E-state index contributed by atoms with van der Waals surface area (Å²) in [6.45, 7) is 6.85. The fourth-order valence-electron chi connectivity index (χ4n) is 4.17. The predicted octanol–water partition coefficient (Wildman–Crippen LogP) is 4.76. The largest absolute Gasteiger partial charge is 0.378 e. The van der Waals surface area contributed by atoms with Crippen molar-refractivity contribution in [3.63, 3.8) is 0 Å². The minimum Gasteiger partial charge on any atom is -0.378 e. The summed E-state index contributed by atoms with van der Waals surface area (Å²) in [5.41, 5.74) is 6.89. The van der Waals surface area contributed by atoms with Crippen molar-refractivity contribution in [3.8, 4) is 11.1 Å². The fourth-order valence-corrected chi connectivity index (χ4v) is 4.17. The van der Waals surface area contributed by atoms with E-state index >= 15 is 0 Å². The molecule has 2 aromatic heterocycles. The summed E-state index contributed by atoms with van der Waals surface area (Å²) in [5, 5.41) is 0. The number of aromatic nitrogens is 3. The Balaban J connectivity index is 1.36. The quantitative estimate of drug-likeness (QED) is 0.595. The van der Waals surface area contributed by atoms with Gasteiger partial charge in [0, 0.05) is 50.4 Å². The molecule has 0 atom stereocenters. The molecule has 0 spiro atoms. The number of benzene rings is 1. The first-order valence-corrected chi connectivity index (χ1v) is 10.7. The Labute approximate surface area is 179 Å². The first-order chi connectivity index (χ1) is 14.6. The van der Waals surface area contributed by atoms with E-state index in [0.717, 1.165) is 47.8 Å². The third-order valence-electron chi connectivity index (χ3n) is 6.13. The molecule has 0 radical (unpaired) electrons. The number of piperidine rings is 1. The summed E-state index contributed by atoms with van der Waals surface area (Å²) in [5.74, 6) is 1.60. The second-order valence-corrected chi connectivity index (χ2v) is 8.15. The molecule has 1 aliphatic heterocycles. The standard InChI is InChI=1S/C25H30N4O/c1-18-19(2)27-25(28-24(18)17-30-3)15-20-10-13-29(14-11-20)23-8-6-21(7-9-23)22-5-4-12-26-16-22/h4-9,12,16,20H,10-11,13-15,17H2,1-3H3. The highest BCUT2D eigenvalue weighted by molar-refractivity contribution is 5.65. The van der Waals surface area contributed by atoms with Crippen LogP contribution in [0.5, 0.6) is 0 Å². The topological polar surface area (TPSA) is 51.1 Å². The number of ether oxygens (including phenoxy) is 1. The molecule has 1 aromatic carbocycles. The molecule has 0 saturated carbocycles. The third kappa shape index (κ3) is 4.68. The van der Waals surface area contributed by atoms with Crippen molar-refractivity contribution in [2.24, 2.45) is 5.92 Å². The van der Waals surface area contributed by atoms with Crippen LogP contribution >= 0.6 is 0 Å². The molecular formula is C25H30N4O. The highest BCUT2D eigenvalue weighted by Crippen LogP contribution is 2.27. The van der Waals surface area contributed by atoms with Gasteiger partial charge in [0.2, 0.25) is 0 Å². The Kier molecular flexibility index (Phi) is 6.38. The Morgan fingerprint density at radius 3 is 2.43 bits per heavy atom. The number of methoxy groups -OCH3 is 1. The summed E-state index contributed by atoms with van der Waals surface area (Å²) < 4.78 is 5.31. The van der Waals surface area contributed by atoms with Gasteiger partial charge in [-0.3, -0.25) is 4.98 Å². The monoisotopic (exact) mass is 402 g/mol. The van der Waals surface area contributed by atoms with E-state index in [0.29, 0.717) is 12.5 Å². The van der Waals surface area contributed by atoms with Crippen molar-refractivity contribution in [1.29, 1.82) is 0 Å². The normalized spacial score (nSPS) is 14.8. The zero-order valence-electron chi connectivity index (χ0n) is 18.1. The number of nitrogens with zero attached hydrogens (tertiary/aromatic N) is 4. The van der Waals surface area contributed by atoms with Gasteiger partial charge in [-0.15, -0.1) is 0 Å². The van der Waals surface area contributed by atoms with Crippen LogP contribution in [0.4, 0.5) is 5.69 Å². The smallest absolute Gasteiger partial charge is 0.129 e. The van der Waals surface area contributed by atoms with Gasteiger partial charge in [0.1, 0.15) is 5.82 Å². The van der Waals surface area contributed by atoms with Crippen LogP contribution in [-0.4, -0.2) is 35.2 Å². The SMILES string of the molecule is COCc1nc(CC2CCN(c3ccc(-c4cccnc4)cc3)CC2)nc(C)c1C. The first kappa shape index (κ1) is 20.5. The number of hydrogen-bond acceptors (Lipinski definition) is 5. The highest BCUT2D eigenvalue weighted by Gasteiger charge is 2.21. The van der Waals surface area contributed by atoms with E-state index in [1.54, 1.807) is 7.11 Å². The van der Waals surface area contributed by atoms with Crippen LogP contribution in [-0.2, 0) is 17.8 Å². The predicted molar refractivity (Wildman–Crippen MR) is 121 cm³/mol. The van der Waals surface area contributed by atoms with Gasteiger partial charge in [-0.05, 0) is 67.5 Å². The van der Waals surface area contributed by atoms with E-state index in [-0.39, 0.29) is 0 Å². The van der Waals surface area contributed by atoms with E-state index < -0.39 is 0 Å². The van der Waals surface area contributed by atoms with E-state index in [1.165, 1.54) is 24.1 Å². The van der Waals surface area contributed by atoms with E-state index in [1.807, 2.05) is 18.5 Å². The van der Waals surface area contributed by atoms with Gasteiger partial charge in [0.05, 0.1) is 12.3 Å². The summed E-state index contributed by atoms with van der Waals surface area (Å²) in [6, 6.07) is 12.9. The first-order valence-electron chi connectivity index (χ1n) is 10.7. The zero-order valence-corrected chi connectivity index (χ0v) is 18.1. The Morgan fingerprint density at radius 1 is 1.00 bits per heavy atom. The molecule has 3 aromatic rings. The molecule has 1 fully saturated rings. The van der Waals surface area contributed by atoms with Gasteiger partial charge in [0.25, 0.3) is 0 Å². The van der Waals surface area contributed by atoms with Crippen molar-refractivity contribution < 1.29 is 4.74 Å². The van der Waals surface area contributed by atoms with Crippen LogP contribution in [0.25, 0.3) is 11.1 Å². The molecule has 0 unspecified atom stereocenters. The third-order valence-corrected chi connectivity index (χ3v) is 6.13. The highest BCUT2D eigenvalue weighted by atomic mass is 16.5. The van der Waals surface area contributed by atoms with Crippen LogP contribution < -0.4 is 4.90 Å². The molecule has 4 rings (SSSR count). The van der Waals surface area contributed by atoms with Crippen LogP contribution in [0.15, 0.2) is 48.8 Å². The molecule has 5 nitrogen and oxygen atoms in total. The molecule has 30 heavy (non-hydrogen) atoms. The van der Waals surface area contributed by atoms with Crippen LogP contribution in [0.3, 0.4) is 0 Å². The molecule has 5 heteroatoms. The van der Waals surface area contributed by atoms with Crippen molar-refractivity contribution in [2.75, 3.05) is 25.1 Å². The number of hydrogen-bond donors (Lipinski definition) is 0. The number of anilines is 1. The molecule has 1 saturated heterocycles. The minimum absolute atomic E-state index is 0.551. The van der Waals surface area contributed by atoms with E-state index in [4.69, 9.17) is 14.7 Å². The summed E-state index contributed by atoms with van der Waals surface area (Å²) in [6.07, 6.45) is 7.00. The maximum atomic E-state index is 5.31. The molecular weight excluding hydrogens is 372 g/mol. The van der Waals surface area contributed by atoms with Crippen molar-refractivity contribution in [1.82, 2.24) is 15.0 Å². The molecule has 0 aliphatic carbocycles. The van der Waals surface area contributed by atoms with Gasteiger partial charge in [0.15, 0.2) is 0 Å². The summed E-state index contributed by atoms with van der Waals surface area (Å²) >= 11 is 0. The Hall–Kier alpha value is -2.79. The second kappa shape index (κ2) is 9.35. The number of aryl methyl sites for hydroxylation is 1. The van der Waals surface area contributed by atoms with Gasteiger partial charge in [-0.2, -0.15) is 0 Å². The lowest BCUT2D eigenvalue weighted by molar-refractivity contribution is 0.180. The average Bonchev–Trinajstić information content (AvgIpc) is 2.79. The van der Waals surface area contributed by atoms with Crippen LogP contribution in [0, 0.1) is 19.8 Å². The van der Waals surface area contributed by atoms with Gasteiger partial charge in [-0.25, -0.2) is 9.97 Å². The maximum absolute atomic E-state index is 5.31. The van der Waals surface area contributed by atoms with Crippen LogP contribution in [0.2, 0.25) is 0 Å². The van der Waals surface area contributed by atoms with Crippen LogP contribution in [0.1, 0.15) is 35.6 Å². The second-order valence-electron chi connectivity index (χ2n) is 8.15. The van der Waals surface area contributed by atoms with E-state index in [2.05, 4.69) is 54.1 Å². The lowest BCUT2D eigenvalue weighted by atomic mass is 9.92. The lowest BCUT2D eigenvalue weighted by Crippen LogP contribution is -2.34. The van der Waals surface area contributed by atoms with E-state index in [9.17, 15) is 0 Å². The van der Waals surface area contributed by atoms with Gasteiger partial charge in [-0.1, -0.05) is 18.2 Å². The molecule has 3 heterocycles. The molecule has 1 aliphatic rings. The zero-order chi connectivity index (χ0) is 20.9. The summed E-state index contributed by atoms with van der Waals surface area (Å²) in [7, 11) is 1.72. The Bertz CT molecular complexity index is 964. The van der Waals surface area contributed by atoms with Gasteiger partial charge >= 0.3 is 0 Å². The molecule has 0 amide bonds. The van der Waals surface area contributed by atoms with Crippen molar-refractivity contribution in [3.05, 3.63) is 71.6 Å². The molecule has 156 valence electrons. The summed E-state index contributed by atoms with van der Waals surface area (Å²) in [4.78, 5) is 16.2. The molecule has 0 N–H and O–H groups in total. The minimum atomic E-state index is 0.551. The average molecular weight is 403 g/mol. The fraction of sp³-hybridized carbons (Fsp3) is 0.400. The molecule has 0 bridgehead atoms. The number of rotatable bonds is 6. The van der Waals surface area contributed by atoms with Crippen molar-refractivity contribution >= 4 is 5.69 Å².